The summed E-state index contributed by atoms with van der Waals surface area (Å²) in [5, 5.41) is 12.0. The highest BCUT2D eigenvalue weighted by Gasteiger charge is 2.41. The fraction of sp³-hybridized carbons (Fsp3) is 0.889. The summed E-state index contributed by atoms with van der Waals surface area (Å²) in [5.74, 6) is 0.836. The van der Waals surface area contributed by atoms with Crippen molar-refractivity contribution in [1.82, 2.24) is 5.32 Å². The molecule has 2 rings (SSSR count). The van der Waals surface area contributed by atoms with Gasteiger partial charge in [-0.2, -0.15) is 0 Å². The topological polar surface area (TPSA) is 49.3 Å². The minimum atomic E-state index is -0.716. The molecule has 2 fully saturated rings. The quantitative estimate of drug-likeness (QED) is 0.722. The molecule has 4 heteroatoms. The van der Waals surface area contributed by atoms with Gasteiger partial charge in [0, 0.05) is 5.75 Å². The molecule has 0 aromatic heterocycles. The van der Waals surface area contributed by atoms with Gasteiger partial charge in [-0.25, -0.2) is 0 Å². The molecule has 74 valence electrons. The number of carbonyl (C=O) groups is 1. The van der Waals surface area contributed by atoms with Crippen LogP contribution in [0, 0.1) is 5.92 Å². The molecule has 2 aliphatic rings. The minimum absolute atomic E-state index is 0.0181. The largest absolute Gasteiger partial charge is 0.480 e. The molecule has 3 nitrogen and oxygen atoms in total. The molecule has 1 unspecified atom stereocenters. The molecule has 13 heavy (non-hydrogen) atoms. The predicted molar refractivity (Wildman–Crippen MR) is 52.8 cm³/mol. The maximum atomic E-state index is 10.7. The standard InChI is InChI=1S/C9H15NO2S/c1-9(4-6-2-3-6)10-7(5-13-9)8(11)12/h6-7,10H,2-5H2,1H3,(H,11,12)/t7-,9?/m0/s1. The van der Waals surface area contributed by atoms with Crippen molar-refractivity contribution in [3.8, 4) is 0 Å². The van der Waals surface area contributed by atoms with E-state index in [4.69, 9.17) is 5.11 Å². The van der Waals surface area contributed by atoms with Crippen LogP contribution in [-0.4, -0.2) is 27.7 Å². The fourth-order valence-corrected chi connectivity index (χ4v) is 3.18. The normalized spacial score (nSPS) is 39.3. The van der Waals surface area contributed by atoms with E-state index in [1.54, 1.807) is 11.8 Å². The molecule has 0 aromatic carbocycles. The molecule has 1 saturated heterocycles. The molecule has 1 heterocycles. The van der Waals surface area contributed by atoms with Crippen LogP contribution in [0.1, 0.15) is 26.2 Å². The van der Waals surface area contributed by atoms with Crippen LogP contribution in [0.4, 0.5) is 0 Å². The van der Waals surface area contributed by atoms with Crippen LogP contribution in [0.5, 0.6) is 0 Å². The number of carboxylic acids is 1. The zero-order valence-electron chi connectivity index (χ0n) is 7.75. The monoisotopic (exact) mass is 201 g/mol. The number of hydrogen-bond acceptors (Lipinski definition) is 3. The van der Waals surface area contributed by atoms with Crippen molar-refractivity contribution in [1.29, 1.82) is 0 Å². The lowest BCUT2D eigenvalue weighted by atomic mass is 10.1. The molecule has 0 spiro atoms. The minimum Gasteiger partial charge on any atom is -0.480 e. The zero-order chi connectivity index (χ0) is 9.47. The summed E-state index contributed by atoms with van der Waals surface area (Å²) in [6.07, 6.45) is 3.78. The van der Waals surface area contributed by atoms with Gasteiger partial charge in [-0.05, 0) is 19.3 Å². The number of carboxylic acid groups (broad SMARTS) is 1. The van der Waals surface area contributed by atoms with Crippen molar-refractivity contribution >= 4 is 17.7 Å². The number of thioether (sulfide) groups is 1. The summed E-state index contributed by atoms with van der Waals surface area (Å²) in [6.45, 7) is 2.12. The van der Waals surface area contributed by atoms with Gasteiger partial charge in [-0.1, -0.05) is 12.8 Å². The smallest absolute Gasteiger partial charge is 0.321 e. The molecular formula is C9H15NO2S. The highest BCUT2D eigenvalue weighted by Crippen LogP contribution is 2.43. The van der Waals surface area contributed by atoms with Gasteiger partial charge in [0.1, 0.15) is 6.04 Å². The maximum Gasteiger partial charge on any atom is 0.321 e. The van der Waals surface area contributed by atoms with E-state index in [-0.39, 0.29) is 10.9 Å². The van der Waals surface area contributed by atoms with Crippen LogP contribution in [-0.2, 0) is 4.79 Å². The summed E-state index contributed by atoms with van der Waals surface area (Å²) in [4.78, 5) is 10.7. The summed E-state index contributed by atoms with van der Waals surface area (Å²) < 4.78 is 0. The van der Waals surface area contributed by atoms with Crippen LogP contribution in [0.25, 0.3) is 0 Å². The van der Waals surface area contributed by atoms with Crippen molar-refractivity contribution in [2.24, 2.45) is 5.92 Å². The van der Waals surface area contributed by atoms with E-state index in [1.165, 1.54) is 12.8 Å². The van der Waals surface area contributed by atoms with E-state index in [0.717, 1.165) is 12.3 Å². The highest BCUT2D eigenvalue weighted by atomic mass is 32.2. The van der Waals surface area contributed by atoms with Gasteiger partial charge < -0.3 is 5.11 Å². The van der Waals surface area contributed by atoms with Crippen molar-refractivity contribution < 1.29 is 9.90 Å². The third kappa shape index (κ3) is 2.17. The van der Waals surface area contributed by atoms with Crippen molar-refractivity contribution in [3.63, 3.8) is 0 Å². The Morgan fingerprint density at radius 3 is 2.85 bits per heavy atom. The van der Waals surface area contributed by atoms with Gasteiger partial charge in [0.05, 0.1) is 4.87 Å². The van der Waals surface area contributed by atoms with Crippen molar-refractivity contribution in [2.75, 3.05) is 5.75 Å². The lowest BCUT2D eigenvalue weighted by Crippen LogP contribution is -2.43. The van der Waals surface area contributed by atoms with Crippen molar-refractivity contribution in [3.05, 3.63) is 0 Å². The Bertz CT molecular complexity index is 230. The van der Waals surface area contributed by atoms with Gasteiger partial charge in [0.15, 0.2) is 0 Å². The molecule has 0 radical (unpaired) electrons. The van der Waals surface area contributed by atoms with E-state index in [0.29, 0.717) is 5.75 Å². The number of aliphatic carboxylic acids is 1. The molecule has 0 amide bonds. The number of nitrogens with one attached hydrogen (secondary N) is 1. The molecule has 1 saturated carbocycles. The lowest BCUT2D eigenvalue weighted by Gasteiger charge is -2.23. The van der Waals surface area contributed by atoms with Crippen LogP contribution in [0.3, 0.4) is 0 Å². The van der Waals surface area contributed by atoms with Gasteiger partial charge >= 0.3 is 5.97 Å². The fourth-order valence-electron chi connectivity index (χ4n) is 1.84. The third-order valence-corrected chi connectivity index (χ3v) is 4.14. The number of hydrogen-bond donors (Lipinski definition) is 2. The van der Waals surface area contributed by atoms with E-state index in [9.17, 15) is 4.79 Å². The Balaban J connectivity index is 1.90. The zero-order valence-corrected chi connectivity index (χ0v) is 8.56. The number of rotatable bonds is 3. The first-order valence-corrected chi connectivity index (χ1v) is 5.72. The molecule has 0 aromatic rings. The first-order chi connectivity index (χ1) is 6.09. The molecule has 2 atom stereocenters. The van der Waals surface area contributed by atoms with Gasteiger partial charge in [-0.3, -0.25) is 10.1 Å². The highest BCUT2D eigenvalue weighted by molar-refractivity contribution is 8.00. The second-order valence-electron chi connectivity index (χ2n) is 4.22. The van der Waals surface area contributed by atoms with Gasteiger partial charge in [0.2, 0.25) is 0 Å². The second kappa shape index (κ2) is 3.17. The van der Waals surface area contributed by atoms with E-state index >= 15 is 0 Å². The lowest BCUT2D eigenvalue weighted by molar-refractivity contribution is -0.138. The Hall–Kier alpha value is -0.220. The molecule has 1 aliphatic carbocycles. The summed E-state index contributed by atoms with van der Waals surface area (Å²) in [7, 11) is 0. The van der Waals surface area contributed by atoms with E-state index < -0.39 is 5.97 Å². The van der Waals surface area contributed by atoms with Crippen molar-refractivity contribution in [2.45, 2.75) is 37.1 Å². The van der Waals surface area contributed by atoms with Crippen LogP contribution in [0.15, 0.2) is 0 Å². The Kier molecular flexibility index (Phi) is 2.28. The van der Waals surface area contributed by atoms with Gasteiger partial charge in [0.25, 0.3) is 0 Å². The van der Waals surface area contributed by atoms with Crippen LogP contribution < -0.4 is 5.32 Å². The summed E-state index contributed by atoms with van der Waals surface area (Å²) >= 11 is 1.76. The molecule has 1 aliphatic heterocycles. The van der Waals surface area contributed by atoms with Crippen LogP contribution in [0.2, 0.25) is 0 Å². The third-order valence-electron chi connectivity index (χ3n) is 2.72. The summed E-state index contributed by atoms with van der Waals surface area (Å²) in [6, 6.07) is -0.339. The van der Waals surface area contributed by atoms with Gasteiger partial charge in [-0.15, -0.1) is 11.8 Å². The molecule has 2 N–H and O–H groups in total. The predicted octanol–water partition coefficient (Wildman–Crippen LogP) is 1.29. The summed E-state index contributed by atoms with van der Waals surface area (Å²) in [5.41, 5.74) is 0. The average Bonchev–Trinajstić information content (AvgIpc) is 2.73. The average molecular weight is 201 g/mol. The maximum absolute atomic E-state index is 10.7. The van der Waals surface area contributed by atoms with E-state index in [2.05, 4.69) is 12.2 Å². The first kappa shape index (κ1) is 9.34. The molecular weight excluding hydrogens is 186 g/mol. The SMILES string of the molecule is CC1(CC2CC2)N[C@H](C(=O)O)CS1. The second-order valence-corrected chi connectivity index (χ2v) is 5.75. The Morgan fingerprint density at radius 1 is 1.69 bits per heavy atom. The Labute approximate surface area is 82.3 Å². The first-order valence-electron chi connectivity index (χ1n) is 4.73. The molecule has 0 bridgehead atoms. The van der Waals surface area contributed by atoms with E-state index in [1.807, 2.05) is 0 Å². The van der Waals surface area contributed by atoms with Crippen LogP contribution >= 0.6 is 11.8 Å². The Morgan fingerprint density at radius 2 is 2.38 bits per heavy atom.